The van der Waals surface area contributed by atoms with Gasteiger partial charge in [-0.1, -0.05) is 52.7 Å². The SMILES string of the molecule is CCCCCc1ccc(OCCCC[C@H](CC(=O)O)C(=O)N[C@H](C(=O)NC)C(C)(C)C)cc1. The molecule has 3 N–H and O–H groups in total. The minimum absolute atomic E-state index is 0.267. The molecular formula is C26H42N2O5. The van der Waals surface area contributed by atoms with Crippen LogP contribution in [-0.2, 0) is 20.8 Å². The quantitative estimate of drug-likeness (QED) is 0.336. The molecule has 0 saturated heterocycles. The summed E-state index contributed by atoms with van der Waals surface area (Å²) in [6, 6.07) is 7.41. The third-order valence-corrected chi connectivity index (χ3v) is 5.66. The van der Waals surface area contributed by atoms with Crippen LogP contribution in [0.3, 0.4) is 0 Å². The Morgan fingerprint density at radius 2 is 1.67 bits per heavy atom. The first-order valence-corrected chi connectivity index (χ1v) is 12.0. The van der Waals surface area contributed by atoms with Crippen LogP contribution in [0.15, 0.2) is 24.3 Å². The average Bonchev–Trinajstić information content (AvgIpc) is 2.75. The van der Waals surface area contributed by atoms with Crippen molar-refractivity contribution < 1.29 is 24.2 Å². The summed E-state index contributed by atoms with van der Waals surface area (Å²) in [4.78, 5) is 36.3. The number of aryl methyl sites for hydroxylation is 1. The van der Waals surface area contributed by atoms with Gasteiger partial charge in [-0.15, -0.1) is 0 Å². The Labute approximate surface area is 198 Å². The standard InChI is InChI=1S/C26H42N2O5/c1-6-7-8-11-19-13-15-21(16-14-19)33-17-10-9-12-20(18-22(29)30)24(31)28-23(25(32)27-5)26(2,3)4/h13-16,20,23H,6-12,17-18H2,1-5H3,(H,27,32)(H,28,31)(H,29,30)/t20-,23-/m1/s1. The van der Waals surface area contributed by atoms with Gasteiger partial charge < -0.3 is 20.5 Å². The predicted molar refractivity (Wildman–Crippen MR) is 130 cm³/mol. The molecule has 0 aliphatic rings. The Morgan fingerprint density at radius 1 is 1.00 bits per heavy atom. The van der Waals surface area contributed by atoms with E-state index in [1.807, 2.05) is 32.9 Å². The van der Waals surface area contributed by atoms with Gasteiger partial charge >= 0.3 is 5.97 Å². The number of amides is 2. The van der Waals surface area contributed by atoms with E-state index in [9.17, 15) is 19.5 Å². The van der Waals surface area contributed by atoms with Crippen molar-refractivity contribution in [2.45, 2.75) is 85.1 Å². The molecule has 2 amide bonds. The van der Waals surface area contributed by atoms with Crippen LogP contribution in [0.1, 0.15) is 78.2 Å². The molecule has 7 heteroatoms. The number of hydrogen-bond donors (Lipinski definition) is 3. The first-order chi connectivity index (χ1) is 15.6. The summed E-state index contributed by atoms with van der Waals surface area (Å²) in [5.74, 6) is -1.61. The first kappa shape index (κ1) is 28.5. The normalized spacial score (nSPS) is 13.1. The summed E-state index contributed by atoms with van der Waals surface area (Å²) >= 11 is 0. The van der Waals surface area contributed by atoms with Crippen LogP contribution in [0.2, 0.25) is 0 Å². The number of nitrogens with one attached hydrogen (secondary N) is 2. The minimum atomic E-state index is -1.03. The lowest BCUT2D eigenvalue weighted by Crippen LogP contribution is -2.54. The average molecular weight is 463 g/mol. The fourth-order valence-corrected chi connectivity index (χ4v) is 3.63. The third kappa shape index (κ3) is 11.2. The van der Waals surface area contributed by atoms with Crippen molar-refractivity contribution in [3.63, 3.8) is 0 Å². The number of carbonyl (C=O) groups excluding carboxylic acids is 2. The third-order valence-electron chi connectivity index (χ3n) is 5.66. The van der Waals surface area contributed by atoms with Crippen LogP contribution in [0.4, 0.5) is 0 Å². The number of rotatable bonds is 15. The molecule has 2 atom stereocenters. The predicted octanol–water partition coefficient (Wildman–Crippen LogP) is 4.34. The van der Waals surface area contributed by atoms with Crippen LogP contribution >= 0.6 is 0 Å². The molecule has 7 nitrogen and oxygen atoms in total. The summed E-state index contributed by atoms with van der Waals surface area (Å²) in [5.41, 5.74) is 0.812. The lowest BCUT2D eigenvalue weighted by molar-refractivity contribution is -0.142. The zero-order valence-corrected chi connectivity index (χ0v) is 20.9. The van der Waals surface area contributed by atoms with Gasteiger partial charge in [-0.2, -0.15) is 0 Å². The number of carboxylic acid groups (broad SMARTS) is 1. The number of carbonyl (C=O) groups is 3. The maximum Gasteiger partial charge on any atom is 0.304 e. The largest absolute Gasteiger partial charge is 0.494 e. The van der Waals surface area contributed by atoms with E-state index in [0.29, 0.717) is 25.9 Å². The second kappa shape index (κ2) is 14.6. The lowest BCUT2D eigenvalue weighted by atomic mass is 9.85. The summed E-state index contributed by atoms with van der Waals surface area (Å²) in [6.45, 7) is 8.26. The van der Waals surface area contributed by atoms with E-state index >= 15 is 0 Å². The molecule has 0 fully saturated rings. The Hall–Kier alpha value is -2.57. The molecule has 33 heavy (non-hydrogen) atoms. The van der Waals surface area contributed by atoms with Gasteiger partial charge in [-0.25, -0.2) is 0 Å². The van der Waals surface area contributed by atoms with Crippen molar-refractivity contribution in [3.05, 3.63) is 29.8 Å². The van der Waals surface area contributed by atoms with Crippen LogP contribution in [0, 0.1) is 11.3 Å². The molecule has 0 saturated carbocycles. The summed E-state index contributed by atoms with van der Waals surface area (Å²) in [7, 11) is 1.52. The van der Waals surface area contributed by atoms with Gasteiger partial charge in [-0.05, 0) is 55.2 Å². The van der Waals surface area contributed by atoms with Crippen molar-refractivity contribution in [2.75, 3.05) is 13.7 Å². The molecular weight excluding hydrogens is 420 g/mol. The van der Waals surface area contributed by atoms with E-state index in [1.54, 1.807) is 0 Å². The second-order valence-electron chi connectivity index (χ2n) is 9.66. The van der Waals surface area contributed by atoms with Crippen molar-refractivity contribution in [1.82, 2.24) is 10.6 Å². The zero-order chi connectivity index (χ0) is 24.9. The van der Waals surface area contributed by atoms with Gasteiger partial charge in [0.25, 0.3) is 0 Å². The van der Waals surface area contributed by atoms with Crippen molar-refractivity contribution in [2.24, 2.45) is 11.3 Å². The van der Waals surface area contributed by atoms with Gasteiger partial charge in [0, 0.05) is 13.0 Å². The van der Waals surface area contributed by atoms with Crippen LogP contribution < -0.4 is 15.4 Å². The van der Waals surface area contributed by atoms with E-state index in [1.165, 1.54) is 31.9 Å². The van der Waals surface area contributed by atoms with Crippen LogP contribution in [-0.4, -0.2) is 42.6 Å². The molecule has 0 aromatic heterocycles. The van der Waals surface area contributed by atoms with E-state index in [0.717, 1.165) is 12.2 Å². The molecule has 0 heterocycles. The molecule has 0 spiro atoms. The maximum absolute atomic E-state index is 12.8. The number of ether oxygens (including phenoxy) is 1. The number of likely N-dealkylation sites (N-methyl/N-ethyl adjacent to an activating group) is 1. The molecule has 0 aliphatic carbocycles. The molecule has 1 rings (SSSR count). The smallest absolute Gasteiger partial charge is 0.304 e. The number of hydrogen-bond acceptors (Lipinski definition) is 4. The van der Waals surface area contributed by atoms with Crippen LogP contribution in [0.25, 0.3) is 0 Å². The number of carboxylic acids is 1. The van der Waals surface area contributed by atoms with Gasteiger partial charge in [0.2, 0.25) is 11.8 Å². The highest BCUT2D eigenvalue weighted by Crippen LogP contribution is 2.22. The second-order valence-corrected chi connectivity index (χ2v) is 9.66. The molecule has 0 unspecified atom stereocenters. The molecule has 186 valence electrons. The van der Waals surface area contributed by atoms with Crippen molar-refractivity contribution in [3.8, 4) is 5.75 Å². The monoisotopic (exact) mass is 462 g/mol. The van der Waals surface area contributed by atoms with Gasteiger partial charge in [0.1, 0.15) is 11.8 Å². The first-order valence-electron chi connectivity index (χ1n) is 12.0. The fourth-order valence-electron chi connectivity index (χ4n) is 3.63. The lowest BCUT2D eigenvalue weighted by Gasteiger charge is -2.31. The van der Waals surface area contributed by atoms with Crippen LogP contribution in [0.5, 0.6) is 5.75 Å². The van der Waals surface area contributed by atoms with E-state index < -0.39 is 29.3 Å². The molecule has 0 radical (unpaired) electrons. The maximum atomic E-state index is 12.8. The Kier molecular flexibility index (Phi) is 12.6. The van der Waals surface area contributed by atoms with E-state index in [-0.39, 0.29) is 12.3 Å². The highest BCUT2D eigenvalue weighted by Gasteiger charge is 2.34. The molecule has 1 aromatic rings. The van der Waals surface area contributed by atoms with Gasteiger partial charge in [0.05, 0.1) is 13.0 Å². The molecule has 1 aromatic carbocycles. The number of benzene rings is 1. The molecule has 0 aliphatic heterocycles. The Bertz CT molecular complexity index is 740. The minimum Gasteiger partial charge on any atom is -0.494 e. The van der Waals surface area contributed by atoms with Gasteiger partial charge in [0.15, 0.2) is 0 Å². The van der Waals surface area contributed by atoms with E-state index in [4.69, 9.17) is 4.74 Å². The van der Waals surface area contributed by atoms with Gasteiger partial charge in [-0.3, -0.25) is 14.4 Å². The van der Waals surface area contributed by atoms with Crippen molar-refractivity contribution in [1.29, 1.82) is 0 Å². The fraction of sp³-hybridized carbons (Fsp3) is 0.654. The van der Waals surface area contributed by atoms with E-state index in [2.05, 4.69) is 29.7 Å². The topological polar surface area (TPSA) is 105 Å². The highest BCUT2D eigenvalue weighted by atomic mass is 16.5. The van der Waals surface area contributed by atoms with Crippen molar-refractivity contribution >= 4 is 17.8 Å². The Morgan fingerprint density at radius 3 is 2.21 bits per heavy atom. The molecule has 0 bridgehead atoms. The number of aliphatic carboxylic acids is 1. The zero-order valence-electron chi connectivity index (χ0n) is 20.9. The highest BCUT2D eigenvalue weighted by molar-refractivity contribution is 5.90. The summed E-state index contributed by atoms with van der Waals surface area (Å²) < 4.78 is 5.80. The number of unbranched alkanes of at least 4 members (excludes halogenated alkanes) is 3. The Balaban J connectivity index is 2.52. The summed E-state index contributed by atoms with van der Waals surface area (Å²) in [6.07, 6.45) is 6.24. The summed E-state index contributed by atoms with van der Waals surface area (Å²) in [5, 5.41) is 14.6.